The number of nitrogens with zero attached hydrogens (tertiary/aromatic N) is 2. The molecular weight excluding hydrogens is 983 g/mol. The number of carbonyl (C=O) groups excluding carboxylic acids is 9. The summed E-state index contributed by atoms with van der Waals surface area (Å²) in [6, 6.07) is -6.56. The third-order valence-corrected chi connectivity index (χ3v) is 11.6. The van der Waals surface area contributed by atoms with E-state index in [0.717, 1.165) is 12.1 Å². The van der Waals surface area contributed by atoms with Gasteiger partial charge in [0.15, 0.2) is 5.96 Å². The molecule has 0 saturated heterocycles. The van der Waals surface area contributed by atoms with E-state index < -0.39 is 131 Å². The predicted octanol–water partition coefficient (Wildman–Crippen LogP) is -2.68. The van der Waals surface area contributed by atoms with Gasteiger partial charge in [-0.2, -0.15) is 0 Å². The number of carbonyl (C=O) groups is 10. The van der Waals surface area contributed by atoms with Gasteiger partial charge in [-0.25, -0.2) is 0 Å². The van der Waals surface area contributed by atoms with Crippen LogP contribution in [0, 0.1) is 10.1 Å². The van der Waals surface area contributed by atoms with Crippen molar-refractivity contribution in [2.24, 2.45) is 33.7 Å². The summed E-state index contributed by atoms with van der Waals surface area (Å²) >= 11 is 0. The quantitative estimate of drug-likeness (QED) is 0.0106. The largest absolute Gasteiger partial charge is 0.481 e. The molecule has 0 heterocycles. The molecule has 28 nitrogen and oxygen atoms in total. The SMILES string of the molecule is CCCC[C@H](NC(=O)[C@H](C)NC(=O)[C@H](CCC(=O)O)NC(=O)[C@H](Cc1ccc([N+](=O)[O-])cc1)NC(=O)[C@H](CCCC)NC(=O)[C@H](C)NC(=O)[C@H](CCCN=C(N)N)NC(=O)[C@H](C)NC(=O)[C@@H](N)CCCCN)C(N)=O. The van der Waals surface area contributed by atoms with Gasteiger partial charge in [-0.1, -0.05) is 58.1 Å². The summed E-state index contributed by atoms with van der Waals surface area (Å²) in [4.78, 5) is 147. The molecule has 0 fully saturated rings. The van der Waals surface area contributed by atoms with Crippen molar-refractivity contribution < 1.29 is 58.0 Å². The van der Waals surface area contributed by atoms with Crippen molar-refractivity contribution in [2.45, 2.75) is 179 Å². The molecule has 1 rings (SSSR count). The number of non-ortho nitro benzene ring substituents is 1. The third-order valence-electron chi connectivity index (χ3n) is 11.6. The summed E-state index contributed by atoms with van der Waals surface area (Å²) in [5.41, 5.74) is 27.8. The molecule has 0 unspecified atom stereocenters. The fraction of sp³-hybridized carbons (Fsp3) is 0.638. The summed E-state index contributed by atoms with van der Waals surface area (Å²) in [5.74, 6) is -9.07. The Morgan fingerprint density at radius 1 is 0.560 bits per heavy atom. The molecule has 0 spiro atoms. The highest BCUT2D eigenvalue weighted by Crippen LogP contribution is 2.15. The Bertz CT molecular complexity index is 2120. The molecule has 0 radical (unpaired) electrons. The van der Waals surface area contributed by atoms with Gasteiger partial charge in [0.1, 0.15) is 48.3 Å². The van der Waals surface area contributed by atoms with E-state index in [4.69, 9.17) is 28.7 Å². The van der Waals surface area contributed by atoms with Gasteiger partial charge in [-0.15, -0.1) is 0 Å². The second kappa shape index (κ2) is 34.8. The molecule has 0 aliphatic carbocycles. The lowest BCUT2D eigenvalue weighted by molar-refractivity contribution is -0.384. The maximum absolute atomic E-state index is 14.2. The molecule has 1 aromatic carbocycles. The van der Waals surface area contributed by atoms with Crippen molar-refractivity contribution in [3.05, 3.63) is 39.9 Å². The molecular formula is C47H79N15O13. The number of amides is 9. The number of nitro groups is 1. The lowest BCUT2D eigenvalue weighted by atomic mass is 10.0. The molecule has 0 aliphatic heterocycles. The molecule has 0 bridgehead atoms. The van der Waals surface area contributed by atoms with Gasteiger partial charge in [0.25, 0.3) is 5.69 Å². The fourth-order valence-electron chi connectivity index (χ4n) is 7.10. The van der Waals surface area contributed by atoms with Crippen LogP contribution in [0.3, 0.4) is 0 Å². The van der Waals surface area contributed by atoms with Crippen molar-refractivity contribution in [3.63, 3.8) is 0 Å². The molecule has 9 amide bonds. The summed E-state index contributed by atoms with van der Waals surface area (Å²) in [7, 11) is 0. The highest BCUT2D eigenvalue weighted by atomic mass is 16.6. The number of hydrogen-bond donors (Lipinski definition) is 14. The average molecular weight is 1060 g/mol. The van der Waals surface area contributed by atoms with E-state index in [1.54, 1.807) is 0 Å². The highest BCUT2D eigenvalue weighted by molar-refractivity contribution is 5.98. The summed E-state index contributed by atoms with van der Waals surface area (Å²) in [6.45, 7) is 8.17. The van der Waals surface area contributed by atoms with Gasteiger partial charge in [-0.3, -0.25) is 63.1 Å². The fourth-order valence-corrected chi connectivity index (χ4v) is 7.10. The predicted molar refractivity (Wildman–Crippen MR) is 275 cm³/mol. The van der Waals surface area contributed by atoms with Crippen LogP contribution in [0.15, 0.2) is 29.3 Å². The number of primary amides is 1. The lowest BCUT2D eigenvalue weighted by Crippen LogP contribution is -2.60. The number of hydrogen-bond acceptors (Lipinski definition) is 15. The van der Waals surface area contributed by atoms with Crippen LogP contribution in [0.2, 0.25) is 0 Å². The summed E-state index contributed by atoms with van der Waals surface area (Å²) in [6.07, 6.45) is 2.70. The first-order valence-electron chi connectivity index (χ1n) is 25.0. The molecule has 420 valence electrons. The van der Waals surface area contributed by atoms with E-state index in [1.165, 1.54) is 32.9 Å². The van der Waals surface area contributed by atoms with Gasteiger partial charge in [-0.05, 0) is 77.8 Å². The normalized spacial score (nSPS) is 14.5. The Hall–Kier alpha value is -7.49. The Kier molecular flexibility index (Phi) is 30.4. The maximum Gasteiger partial charge on any atom is 0.303 e. The number of aliphatic imine (C=N–C) groups is 1. The van der Waals surface area contributed by atoms with E-state index in [2.05, 4.69) is 47.5 Å². The van der Waals surface area contributed by atoms with Gasteiger partial charge in [0.2, 0.25) is 53.2 Å². The van der Waals surface area contributed by atoms with E-state index in [9.17, 15) is 63.2 Å². The monoisotopic (exact) mass is 1060 g/mol. The van der Waals surface area contributed by atoms with Crippen molar-refractivity contribution >= 4 is 70.8 Å². The lowest BCUT2D eigenvalue weighted by Gasteiger charge is -2.27. The van der Waals surface area contributed by atoms with Crippen LogP contribution in [-0.2, 0) is 54.4 Å². The zero-order chi connectivity index (χ0) is 56.8. The number of nitrogens with one attached hydrogen (secondary N) is 8. The van der Waals surface area contributed by atoms with E-state index in [1.807, 2.05) is 13.8 Å². The number of rotatable bonds is 37. The van der Waals surface area contributed by atoms with Crippen molar-refractivity contribution in [1.82, 2.24) is 42.5 Å². The van der Waals surface area contributed by atoms with Crippen molar-refractivity contribution in [2.75, 3.05) is 13.1 Å². The van der Waals surface area contributed by atoms with Gasteiger partial charge < -0.3 is 76.3 Å². The van der Waals surface area contributed by atoms with Crippen molar-refractivity contribution in [1.29, 1.82) is 0 Å². The zero-order valence-corrected chi connectivity index (χ0v) is 43.4. The highest BCUT2D eigenvalue weighted by Gasteiger charge is 2.34. The molecule has 19 N–H and O–H groups in total. The number of nitro benzene ring substituents is 1. The van der Waals surface area contributed by atoms with Crippen LogP contribution in [0.5, 0.6) is 0 Å². The Labute approximate surface area is 435 Å². The van der Waals surface area contributed by atoms with Gasteiger partial charge >= 0.3 is 5.97 Å². The summed E-state index contributed by atoms with van der Waals surface area (Å²) < 4.78 is 0. The number of carboxylic acid groups (broad SMARTS) is 1. The Balaban J connectivity index is 3.44. The number of carboxylic acids is 1. The number of nitrogens with two attached hydrogens (primary N) is 5. The second-order valence-corrected chi connectivity index (χ2v) is 18.1. The third kappa shape index (κ3) is 25.8. The van der Waals surface area contributed by atoms with Crippen LogP contribution in [0.25, 0.3) is 0 Å². The molecule has 28 heteroatoms. The van der Waals surface area contributed by atoms with E-state index in [0.29, 0.717) is 57.1 Å². The topological polar surface area (TPSA) is 473 Å². The first-order valence-corrected chi connectivity index (χ1v) is 25.0. The molecule has 75 heavy (non-hydrogen) atoms. The van der Waals surface area contributed by atoms with Crippen LogP contribution in [0.4, 0.5) is 5.69 Å². The smallest absolute Gasteiger partial charge is 0.303 e. The standard InChI is InChI=1S/C47H79N15O13/c1-6-8-14-32(38(50)65)57-39(66)27(4)56-44(71)35(21-22-37(63)64)60-46(73)36(25-29-17-19-30(20-18-29)62(74)75)61-45(72)33(15-9-7-2)58-41(68)28(5)55-43(70)34(16-12-24-53-47(51)52)59-40(67)26(3)54-42(69)31(49)13-10-11-23-48/h17-20,26-28,31-36H,6-16,21-25,48-49H2,1-5H3,(H2,50,65)(H,54,69)(H,55,70)(H,56,71)(H,57,66)(H,58,68)(H,59,67)(H,60,73)(H,61,72)(H,63,64)(H4,51,52,53)/t26-,27-,28-,31-,32-,33-,34-,35-,36-/m0/s1. The van der Waals surface area contributed by atoms with Crippen molar-refractivity contribution in [3.8, 4) is 0 Å². The number of unbranched alkanes of at least 4 members (excludes halogenated alkanes) is 3. The Morgan fingerprint density at radius 3 is 1.43 bits per heavy atom. The summed E-state index contributed by atoms with van der Waals surface area (Å²) in [5, 5.41) is 41.0. The first kappa shape index (κ1) is 65.5. The molecule has 0 aromatic heterocycles. The van der Waals surface area contributed by atoms with E-state index in [-0.39, 0.29) is 50.3 Å². The zero-order valence-electron chi connectivity index (χ0n) is 43.4. The molecule has 0 aliphatic rings. The average Bonchev–Trinajstić information content (AvgIpc) is 3.35. The minimum atomic E-state index is -1.61. The number of guanidine groups is 1. The first-order chi connectivity index (χ1) is 35.3. The minimum Gasteiger partial charge on any atom is -0.481 e. The molecule has 9 atom stereocenters. The Morgan fingerprint density at radius 2 is 0.973 bits per heavy atom. The number of aliphatic carboxylic acids is 1. The number of benzene rings is 1. The van der Waals surface area contributed by atoms with Gasteiger partial charge in [0.05, 0.1) is 11.0 Å². The van der Waals surface area contributed by atoms with Gasteiger partial charge in [0, 0.05) is 31.5 Å². The minimum absolute atomic E-state index is 0.0169. The maximum atomic E-state index is 14.2. The van der Waals surface area contributed by atoms with Crippen LogP contribution in [0.1, 0.15) is 124 Å². The molecule has 1 aromatic rings. The second-order valence-electron chi connectivity index (χ2n) is 18.1. The van der Waals surface area contributed by atoms with E-state index >= 15 is 0 Å². The van der Waals surface area contributed by atoms with Crippen LogP contribution >= 0.6 is 0 Å². The van der Waals surface area contributed by atoms with Crippen LogP contribution in [-0.4, -0.2) is 143 Å². The molecule has 0 saturated carbocycles. The van der Waals surface area contributed by atoms with Crippen LogP contribution < -0.4 is 71.2 Å².